The summed E-state index contributed by atoms with van der Waals surface area (Å²) in [5.74, 6) is 0.478. The standard InChI is InChI=1S/C22H21NO6/c1-12-17(11-20(25)23-15-7-5-6-14(8-15)13(2)24)22(26)29-19-10-16(27-3)9-18(28-4)21(12)19/h5-10H,11H2,1-4H3,(H,23,25). The predicted molar refractivity (Wildman–Crippen MR) is 109 cm³/mol. The van der Waals surface area contributed by atoms with Crippen LogP contribution in [0.4, 0.5) is 5.69 Å². The van der Waals surface area contributed by atoms with Crippen molar-refractivity contribution in [3.63, 3.8) is 0 Å². The van der Waals surface area contributed by atoms with Crippen molar-refractivity contribution in [2.75, 3.05) is 19.5 Å². The molecular formula is C22H21NO6. The molecule has 7 nitrogen and oxygen atoms in total. The van der Waals surface area contributed by atoms with E-state index in [1.807, 2.05) is 0 Å². The lowest BCUT2D eigenvalue weighted by atomic mass is 10.0. The quantitative estimate of drug-likeness (QED) is 0.507. The van der Waals surface area contributed by atoms with Crippen LogP contribution in [0.1, 0.15) is 28.4 Å². The maximum absolute atomic E-state index is 12.5. The number of fused-ring (bicyclic) bond motifs is 1. The fraction of sp³-hybridized carbons (Fsp3) is 0.227. The molecule has 1 N–H and O–H groups in total. The number of aryl methyl sites for hydroxylation is 1. The highest BCUT2D eigenvalue weighted by Crippen LogP contribution is 2.33. The van der Waals surface area contributed by atoms with Crippen LogP contribution in [0, 0.1) is 6.92 Å². The number of Topliss-reactive ketones (excluding diaryl/α,β-unsaturated/α-hetero) is 1. The molecule has 0 saturated heterocycles. The fourth-order valence-electron chi connectivity index (χ4n) is 3.15. The second kappa shape index (κ2) is 8.18. The Labute approximate surface area is 167 Å². The van der Waals surface area contributed by atoms with E-state index in [-0.39, 0.29) is 17.8 Å². The van der Waals surface area contributed by atoms with Gasteiger partial charge in [-0.15, -0.1) is 0 Å². The molecule has 0 saturated carbocycles. The number of ether oxygens (including phenoxy) is 2. The molecule has 0 atom stereocenters. The Morgan fingerprint density at radius 3 is 2.52 bits per heavy atom. The molecule has 0 aliphatic rings. The molecule has 2 aromatic carbocycles. The van der Waals surface area contributed by atoms with E-state index in [9.17, 15) is 14.4 Å². The summed E-state index contributed by atoms with van der Waals surface area (Å²) in [5.41, 5.74) is 1.53. The van der Waals surface area contributed by atoms with Gasteiger partial charge in [-0.1, -0.05) is 12.1 Å². The molecule has 3 aromatic rings. The van der Waals surface area contributed by atoms with E-state index in [4.69, 9.17) is 13.9 Å². The molecule has 0 radical (unpaired) electrons. The van der Waals surface area contributed by atoms with Gasteiger partial charge in [0.15, 0.2) is 5.78 Å². The summed E-state index contributed by atoms with van der Waals surface area (Å²) in [7, 11) is 3.01. The van der Waals surface area contributed by atoms with Crippen LogP contribution in [-0.4, -0.2) is 25.9 Å². The predicted octanol–water partition coefficient (Wildman–Crippen LogP) is 3.50. The molecule has 1 heterocycles. The first-order valence-electron chi connectivity index (χ1n) is 8.93. The molecule has 1 amide bonds. The van der Waals surface area contributed by atoms with Gasteiger partial charge in [0, 0.05) is 23.4 Å². The van der Waals surface area contributed by atoms with Crippen LogP contribution in [0.5, 0.6) is 11.5 Å². The van der Waals surface area contributed by atoms with Gasteiger partial charge in [0.25, 0.3) is 0 Å². The molecule has 7 heteroatoms. The first-order valence-corrected chi connectivity index (χ1v) is 8.93. The van der Waals surface area contributed by atoms with Gasteiger partial charge in [-0.2, -0.15) is 0 Å². The number of carbonyl (C=O) groups excluding carboxylic acids is 2. The highest BCUT2D eigenvalue weighted by atomic mass is 16.5. The lowest BCUT2D eigenvalue weighted by molar-refractivity contribution is -0.115. The summed E-state index contributed by atoms with van der Waals surface area (Å²) in [6, 6.07) is 9.90. The van der Waals surface area contributed by atoms with Crippen molar-refractivity contribution in [3.8, 4) is 11.5 Å². The number of rotatable bonds is 6. The average molecular weight is 395 g/mol. The molecule has 0 aliphatic heterocycles. The van der Waals surface area contributed by atoms with Gasteiger partial charge in [0.05, 0.1) is 31.6 Å². The minimum Gasteiger partial charge on any atom is -0.496 e. The maximum atomic E-state index is 12.5. The van der Waals surface area contributed by atoms with E-state index >= 15 is 0 Å². The Morgan fingerprint density at radius 1 is 1.10 bits per heavy atom. The van der Waals surface area contributed by atoms with Gasteiger partial charge >= 0.3 is 5.63 Å². The Morgan fingerprint density at radius 2 is 1.86 bits per heavy atom. The van der Waals surface area contributed by atoms with E-state index in [2.05, 4.69) is 5.32 Å². The van der Waals surface area contributed by atoms with E-state index < -0.39 is 11.5 Å². The minimum absolute atomic E-state index is 0.102. The van der Waals surface area contributed by atoms with Crippen LogP contribution in [0.25, 0.3) is 11.0 Å². The number of carbonyl (C=O) groups is 2. The van der Waals surface area contributed by atoms with E-state index in [1.54, 1.807) is 43.3 Å². The molecule has 0 bridgehead atoms. The SMILES string of the molecule is COc1cc(OC)c2c(C)c(CC(=O)Nc3cccc(C(C)=O)c3)c(=O)oc2c1. The van der Waals surface area contributed by atoms with Crippen molar-refractivity contribution in [2.24, 2.45) is 0 Å². The van der Waals surface area contributed by atoms with Crippen molar-refractivity contribution in [3.05, 3.63) is 63.5 Å². The topological polar surface area (TPSA) is 94.8 Å². The number of benzene rings is 2. The van der Waals surface area contributed by atoms with E-state index in [0.29, 0.717) is 39.3 Å². The molecule has 0 aliphatic carbocycles. The third kappa shape index (κ3) is 4.13. The molecule has 29 heavy (non-hydrogen) atoms. The molecule has 0 unspecified atom stereocenters. The van der Waals surface area contributed by atoms with Crippen molar-refractivity contribution in [2.45, 2.75) is 20.3 Å². The minimum atomic E-state index is -0.599. The summed E-state index contributed by atoms with van der Waals surface area (Å²) in [4.78, 5) is 36.5. The first-order chi connectivity index (χ1) is 13.8. The fourth-order valence-corrected chi connectivity index (χ4v) is 3.15. The molecular weight excluding hydrogens is 374 g/mol. The maximum Gasteiger partial charge on any atom is 0.340 e. The normalized spacial score (nSPS) is 10.6. The van der Waals surface area contributed by atoms with E-state index in [1.165, 1.54) is 21.1 Å². The van der Waals surface area contributed by atoms with Gasteiger partial charge < -0.3 is 19.2 Å². The molecule has 3 rings (SSSR count). The van der Waals surface area contributed by atoms with Crippen molar-refractivity contribution >= 4 is 28.3 Å². The van der Waals surface area contributed by atoms with Crippen LogP contribution >= 0.6 is 0 Å². The largest absolute Gasteiger partial charge is 0.496 e. The zero-order chi connectivity index (χ0) is 21.1. The Bertz CT molecular complexity index is 1160. The molecule has 0 fully saturated rings. The Hall–Kier alpha value is -3.61. The number of hydrogen-bond donors (Lipinski definition) is 1. The zero-order valence-electron chi connectivity index (χ0n) is 16.6. The van der Waals surface area contributed by atoms with Crippen LogP contribution in [0.15, 0.2) is 45.6 Å². The summed E-state index contributed by atoms with van der Waals surface area (Å²) in [6.45, 7) is 3.19. The number of nitrogens with one attached hydrogen (secondary N) is 1. The van der Waals surface area contributed by atoms with Gasteiger partial charge in [-0.05, 0) is 31.5 Å². The van der Waals surface area contributed by atoms with Gasteiger partial charge in [-0.25, -0.2) is 4.79 Å². The Kier molecular flexibility index (Phi) is 5.68. The summed E-state index contributed by atoms with van der Waals surface area (Å²) < 4.78 is 16.0. The highest BCUT2D eigenvalue weighted by Gasteiger charge is 2.19. The van der Waals surface area contributed by atoms with E-state index in [0.717, 1.165) is 0 Å². The monoisotopic (exact) mass is 395 g/mol. The number of ketones is 1. The number of amides is 1. The summed E-state index contributed by atoms with van der Waals surface area (Å²) in [6.07, 6.45) is -0.177. The van der Waals surface area contributed by atoms with Crippen molar-refractivity contribution in [1.29, 1.82) is 0 Å². The Balaban J connectivity index is 1.95. The third-order valence-corrected chi connectivity index (χ3v) is 4.66. The zero-order valence-corrected chi connectivity index (χ0v) is 16.6. The van der Waals surface area contributed by atoms with Gasteiger partial charge in [-0.3, -0.25) is 9.59 Å². The molecule has 150 valence electrons. The lowest BCUT2D eigenvalue weighted by Crippen LogP contribution is -2.21. The second-order valence-electron chi connectivity index (χ2n) is 6.56. The van der Waals surface area contributed by atoms with Crippen LogP contribution < -0.4 is 20.4 Å². The second-order valence-corrected chi connectivity index (χ2v) is 6.56. The number of anilines is 1. The average Bonchev–Trinajstić information content (AvgIpc) is 2.70. The van der Waals surface area contributed by atoms with Crippen LogP contribution in [-0.2, 0) is 11.2 Å². The first kappa shape index (κ1) is 20.1. The van der Waals surface area contributed by atoms with Crippen molar-refractivity contribution in [1.82, 2.24) is 0 Å². The molecule has 1 aromatic heterocycles. The smallest absolute Gasteiger partial charge is 0.340 e. The summed E-state index contributed by atoms with van der Waals surface area (Å²) in [5, 5.41) is 3.32. The van der Waals surface area contributed by atoms with Gasteiger partial charge in [0.1, 0.15) is 17.1 Å². The lowest BCUT2D eigenvalue weighted by Gasteiger charge is -2.13. The summed E-state index contributed by atoms with van der Waals surface area (Å²) >= 11 is 0. The highest BCUT2D eigenvalue weighted by molar-refractivity contribution is 5.98. The molecule has 0 spiro atoms. The van der Waals surface area contributed by atoms with Gasteiger partial charge in [0.2, 0.25) is 5.91 Å². The number of methoxy groups -OCH3 is 2. The number of hydrogen-bond acceptors (Lipinski definition) is 6. The third-order valence-electron chi connectivity index (χ3n) is 4.66. The van der Waals surface area contributed by atoms with Crippen LogP contribution in [0.3, 0.4) is 0 Å². The van der Waals surface area contributed by atoms with Crippen LogP contribution in [0.2, 0.25) is 0 Å². The van der Waals surface area contributed by atoms with Crippen molar-refractivity contribution < 1.29 is 23.5 Å².